The third-order valence-electron chi connectivity index (χ3n) is 5.20. The molecule has 1 saturated carbocycles. The minimum absolute atomic E-state index is 0.0415. The Balaban J connectivity index is 1.52. The van der Waals surface area contributed by atoms with Gasteiger partial charge in [-0.2, -0.15) is 0 Å². The summed E-state index contributed by atoms with van der Waals surface area (Å²) < 4.78 is 12.2. The summed E-state index contributed by atoms with van der Waals surface area (Å²) in [7, 11) is 0. The van der Waals surface area contributed by atoms with Crippen molar-refractivity contribution in [3.63, 3.8) is 0 Å². The average Bonchev–Trinajstić information content (AvgIpc) is 2.51. The Morgan fingerprint density at radius 2 is 1.80 bits per heavy atom. The third kappa shape index (κ3) is 3.59. The van der Waals surface area contributed by atoms with Gasteiger partial charge in [0.05, 0.1) is 6.61 Å². The Bertz CT molecular complexity index is 757. The maximum absolute atomic E-state index is 6.22. The summed E-state index contributed by atoms with van der Waals surface area (Å²) in [6, 6.07) is 13.7. The van der Waals surface area contributed by atoms with Gasteiger partial charge < -0.3 is 14.8 Å². The molecule has 1 aliphatic heterocycles. The highest BCUT2D eigenvalue weighted by Gasteiger charge is 2.40. The van der Waals surface area contributed by atoms with E-state index in [2.05, 4.69) is 17.4 Å². The fourth-order valence-electron chi connectivity index (χ4n) is 3.37. The Morgan fingerprint density at radius 3 is 2.44 bits per heavy atom. The van der Waals surface area contributed by atoms with Crippen LogP contribution in [0.25, 0.3) is 0 Å². The first-order valence-electron chi connectivity index (χ1n) is 8.70. The van der Waals surface area contributed by atoms with Crippen LogP contribution in [0.5, 0.6) is 11.5 Å². The van der Waals surface area contributed by atoms with Crippen molar-refractivity contribution in [2.75, 3.05) is 19.7 Å². The van der Waals surface area contributed by atoms with E-state index in [4.69, 9.17) is 32.7 Å². The van der Waals surface area contributed by atoms with Crippen LogP contribution in [0.15, 0.2) is 42.5 Å². The highest BCUT2D eigenvalue weighted by molar-refractivity contribution is 6.31. The van der Waals surface area contributed by atoms with Crippen LogP contribution >= 0.6 is 23.2 Å². The second-order valence-electron chi connectivity index (χ2n) is 6.92. The summed E-state index contributed by atoms with van der Waals surface area (Å²) in [5.74, 6) is 1.48. The van der Waals surface area contributed by atoms with Gasteiger partial charge in [0.15, 0.2) is 11.5 Å². The van der Waals surface area contributed by atoms with E-state index in [1.807, 2.05) is 30.3 Å². The van der Waals surface area contributed by atoms with Crippen molar-refractivity contribution in [1.29, 1.82) is 0 Å². The third-order valence-corrected chi connectivity index (χ3v) is 5.67. The van der Waals surface area contributed by atoms with Gasteiger partial charge in [-0.1, -0.05) is 41.8 Å². The molecule has 0 aromatic heterocycles. The van der Waals surface area contributed by atoms with Gasteiger partial charge in [0, 0.05) is 34.6 Å². The minimum Gasteiger partial charge on any atom is -0.489 e. The Morgan fingerprint density at radius 1 is 1.00 bits per heavy atom. The molecule has 132 valence electrons. The van der Waals surface area contributed by atoms with Crippen molar-refractivity contribution >= 4 is 23.2 Å². The predicted molar refractivity (Wildman–Crippen MR) is 101 cm³/mol. The fraction of sp³-hybridized carbons (Fsp3) is 0.400. The fourth-order valence-corrected chi connectivity index (χ4v) is 3.72. The molecule has 0 bridgehead atoms. The SMILES string of the molecule is Clc1cccc(C2(COc3ccc(Cl)cc3OC3CNC3)CCC2)c1. The molecule has 2 aliphatic rings. The monoisotopic (exact) mass is 377 g/mol. The molecule has 3 nitrogen and oxygen atoms in total. The molecular weight excluding hydrogens is 357 g/mol. The molecule has 0 amide bonds. The molecule has 0 radical (unpaired) electrons. The lowest BCUT2D eigenvalue weighted by molar-refractivity contribution is 0.114. The van der Waals surface area contributed by atoms with Gasteiger partial charge in [0.2, 0.25) is 0 Å². The van der Waals surface area contributed by atoms with Crippen LogP contribution in [0, 0.1) is 0 Å². The molecule has 1 heterocycles. The second kappa shape index (κ2) is 7.06. The largest absolute Gasteiger partial charge is 0.489 e. The average molecular weight is 378 g/mol. The smallest absolute Gasteiger partial charge is 0.163 e. The van der Waals surface area contributed by atoms with Crippen molar-refractivity contribution in [2.45, 2.75) is 30.8 Å². The standard InChI is InChI=1S/C20H21Cl2NO2/c21-15-4-1-3-14(9-15)20(7-2-8-20)13-24-18-6-5-16(22)10-19(18)25-17-11-23-12-17/h1,3-6,9-10,17,23H,2,7-8,11-13H2. The molecule has 4 rings (SSSR count). The van der Waals surface area contributed by atoms with E-state index in [0.717, 1.165) is 42.5 Å². The lowest BCUT2D eigenvalue weighted by Crippen LogP contribution is -2.50. The topological polar surface area (TPSA) is 30.5 Å². The lowest BCUT2D eigenvalue weighted by Gasteiger charge is -2.42. The maximum Gasteiger partial charge on any atom is 0.163 e. The summed E-state index contributed by atoms with van der Waals surface area (Å²) >= 11 is 12.3. The molecule has 1 saturated heterocycles. The van der Waals surface area contributed by atoms with E-state index in [1.54, 1.807) is 0 Å². The van der Waals surface area contributed by atoms with E-state index >= 15 is 0 Å². The van der Waals surface area contributed by atoms with Gasteiger partial charge in [-0.25, -0.2) is 0 Å². The van der Waals surface area contributed by atoms with Crippen LogP contribution in [0.4, 0.5) is 0 Å². The minimum atomic E-state index is 0.0415. The molecule has 2 fully saturated rings. The van der Waals surface area contributed by atoms with Crippen LogP contribution in [0.3, 0.4) is 0 Å². The maximum atomic E-state index is 6.22. The van der Waals surface area contributed by atoms with E-state index in [9.17, 15) is 0 Å². The van der Waals surface area contributed by atoms with Crippen LogP contribution in [0.2, 0.25) is 10.0 Å². The summed E-state index contributed by atoms with van der Waals surface area (Å²) in [5.41, 5.74) is 1.30. The van der Waals surface area contributed by atoms with Crippen molar-refractivity contribution in [3.05, 3.63) is 58.1 Å². The van der Waals surface area contributed by atoms with Gasteiger partial charge in [-0.15, -0.1) is 0 Å². The molecular formula is C20H21Cl2NO2. The van der Waals surface area contributed by atoms with Gasteiger partial charge >= 0.3 is 0 Å². The Kier molecular flexibility index (Phi) is 4.81. The Hall–Kier alpha value is -1.42. The summed E-state index contributed by atoms with van der Waals surface area (Å²) in [5, 5.41) is 4.64. The molecule has 0 atom stereocenters. The molecule has 1 N–H and O–H groups in total. The first kappa shape index (κ1) is 17.0. The number of benzene rings is 2. The molecule has 2 aromatic carbocycles. The second-order valence-corrected chi connectivity index (χ2v) is 7.79. The van der Waals surface area contributed by atoms with Crippen molar-refractivity contribution in [3.8, 4) is 11.5 Å². The summed E-state index contributed by atoms with van der Waals surface area (Å²) in [6.07, 6.45) is 3.63. The number of hydrogen-bond donors (Lipinski definition) is 1. The van der Waals surface area contributed by atoms with Crippen LogP contribution in [0.1, 0.15) is 24.8 Å². The normalized spacial score (nSPS) is 19.0. The van der Waals surface area contributed by atoms with Crippen LogP contribution in [-0.4, -0.2) is 25.8 Å². The first-order chi connectivity index (χ1) is 12.1. The number of halogens is 2. The van der Waals surface area contributed by atoms with Crippen molar-refractivity contribution < 1.29 is 9.47 Å². The number of nitrogens with one attached hydrogen (secondary N) is 1. The highest BCUT2D eigenvalue weighted by Crippen LogP contribution is 2.45. The zero-order valence-corrected chi connectivity index (χ0v) is 15.4. The van der Waals surface area contributed by atoms with Gasteiger partial charge in [0.1, 0.15) is 6.10 Å². The number of hydrogen-bond acceptors (Lipinski definition) is 3. The van der Waals surface area contributed by atoms with Gasteiger partial charge in [-0.05, 0) is 42.7 Å². The van der Waals surface area contributed by atoms with Gasteiger partial charge in [-0.3, -0.25) is 0 Å². The van der Waals surface area contributed by atoms with Gasteiger partial charge in [0.25, 0.3) is 0 Å². The number of ether oxygens (including phenoxy) is 2. The zero-order chi connectivity index (χ0) is 17.3. The van der Waals surface area contributed by atoms with Crippen molar-refractivity contribution in [2.24, 2.45) is 0 Å². The molecule has 0 spiro atoms. The summed E-state index contributed by atoms with van der Waals surface area (Å²) in [4.78, 5) is 0. The quantitative estimate of drug-likeness (QED) is 0.780. The predicted octanol–water partition coefficient (Wildman–Crippen LogP) is 4.84. The Labute approximate surface area is 158 Å². The van der Waals surface area contributed by atoms with E-state index in [1.165, 1.54) is 12.0 Å². The molecule has 2 aromatic rings. The van der Waals surface area contributed by atoms with Crippen LogP contribution in [-0.2, 0) is 5.41 Å². The molecule has 0 unspecified atom stereocenters. The van der Waals surface area contributed by atoms with Crippen LogP contribution < -0.4 is 14.8 Å². The molecule has 5 heteroatoms. The zero-order valence-electron chi connectivity index (χ0n) is 13.9. The highest BCUT2D eigenvalue weighted by atomic mass is 35.5. The molecule has 1 aliphatic carbocycles. The summed E-state index contributed by atoms with van der Waals surface area (Å²) in [6.45, 7) is 2.34. The lowest BCUT2D eigenvalue weighted by atomic mass is 9.65. The van der Waals surface area contributed by atoms with E-state index in [0.29, 0.717) is 11.6 Å². The first-order valence-corrected chi connectivity index (χ1v) is 9.46. The van der Waals surface area contributed by atoms with E-state index in [-0.39, 0.29) is 11.5 Å². The van der Waals surface area contributed by atoms with Crippen molar-refractivity contribution in [1.82, 2.24) is 5.32 Å². The molecule has 25 heavy (non-hydrogen) atoms. The number of rotatable bonds is 6. The van der Waals surface area contributed by atoms with E-state index < -0.39 is 0 Å².